The first-order chi connectivity index (χ1) is 11.5. The predicted molar refractivity (Wildman–Crippen MR) is 80.1 cm³/mol. The quantitative estimate of drug-likeness (QED) is 0.792. The lowest BCUT2D eigenvalue weighted by atomic mass is 9.86. The molecule has 1 aliphatic heterocycles. The summed E-state index contributed by atoms with van der Waals surface area (Å²) in [4.78, 5) is 23.6. The molecule has 1 aromatic carbocycles. The summed E-state index contributed by atoms with van der Waals surface area (Å²) in [5.74, 6) is -2.74. The van der Waals surface area contributed by atoms with Crippen LogP contribution in [-0.2, 0) is 9.53 Å². The molecule has 1 aromatic rings. The van der Waals surface area contributed by atoms with E-state index in [4.69, 9.17) is 4.74 Å². The number of nitrogens with one attached hydrogen (secondary N) is 1. The Kier molecular flexibility index (Phi) is 6.48. The fourth-order valence-corrected chi connectivity index (χ4v) is 2.72. The summed E-state index contributed by atoms with van der Waals surface area (Å²) >= 11 is 0. The summed E-state index contributed by atoms with van der Waals surface area (Å²) in [7, 11) is 0. The van der Waals surface area contributed by atoms with Crippen LogP contribution in [0.15, 0.2) is 24.3 Å². The predicted octanol–water partition coefficient (Wildman–Crippen LogP) is 2.15. The summed E-state index contributed by atoms with van der Waals surface area (Å²) in [5, 5.41) is 11.9. The van der Waals surface area contributed by atoms with Crippen molar-refractivity contribution in [2.45, 2.75) is 19.5 Å². The third-order valence-corrected chi connectivity index (χ3v) is 3.98. The lowest BCUT2D eigenvalue weighted by molar-refractivity contribution is -0.144. The molecule has 24 heavy (non-hydrogen) atoms. The number of carboxylic acid groups (broad SMARTS) is 1. The highest BCUT2D eigenvalue weighted by atomic mass is 19.3. The monoisotopic (exact) mass is 343 g/mol. The van der Waals surface area contributed by atoms with Gasteiger partial charge in [-0.2, -0.15) is 8.78 Å². The van der Waals surface area contributed by atoms with Crippen molar-refractivity contribution >= 4 is 11.9 Å². The minimum atomic E-state index is -3.05. The van der Waals surface area contributed by atoms with E-state index in [0.29, 0.717) is 26.1 Å². The van der Waals surface area contributed by atoms with Gasteiger partial charge in [-0.15, -0.1) is 0 Å². The number of halogens is 2. The van der Waals surface area contributed by atoms with Gasteiger partial charge in [-0.1, -0.05) is 12.1 Å². The highest BCUT2D eigenvalue weighted by molar-refractivity contribution is 5.97. The van der Waals surface area contributed by atoms with Crippen molar-refractivity contribution in [2.75, 3.05) is 19.8 Å². The van der Waals surface area contributed by atoms with Gasteiger partial charge in [-0.05, 0) is 30.9 Å². The summed E-state index contributed by atoms with van der Waals surface area (Å²) in [6, 6.07) is 5.59. The van der Waals surface area contributed by atoms with E-state index in [-0.39, 0.29) is 23.8 Å². The van der Waals surface area contributed by atoms with Gasteiger partial charge in [-0.3, -0.25) is 9.59 Å². The summed E-state index contributed by atoms with van der Waals surface area (Å²) in [6.07, 6.45) is 1.22. The molecule has 1 aliphatic rings. The van der Waals surface area contributed by atoms with Crippen molar-refractivity contribution in [1.29, 1.82) is 0 Å². The number of hydrogen-bond donors (Lipinski definition) is 2. The van der Waals surface area contributed by atoms with E-state index in [1.165, 1.54) is 24.3 Å². The fourth-order valence-electron chi connectivity index (χ4n) is 2.72. The second-order valence-corrected chi connectivity index (χ2v) is 5.48. The molecule has 0 aliphatic carbocycles. The van der Waals surface area contributed by atoms with Gasteiger partial charge in [0.05, 0.1) is 11.5 Å². The second-order valence-electron chi connectivity index (χ2n) is 5.48. The average Bonchev–Trinajstić information content (AvgIpc) is 2.55. The Morgan fingerprint density at radius 2 is 1.96 bits per heavy atom. The lowest BCUT2D eigenvalue weighted by Gasteiger charge is -2.27. The molecule has 0 bridgehead atoms. The Hall–Kier alpha value is -2.22. The molecule has 1 amide bonds. The van der Waals surface area contributed by atoms with Crippen LogP contribution >= 0.6 is 0 Å². The van der Waals surface area contributed by atoms with E-state index in [1.54, 1.807) is 0 Å². The maximum atomic E-state index is 12.4. The number of benzene rings is 1. The van der Waals surface area contributed by atoms with Gasteiger partial charge < -0.3 is 19.9 Å². The van der Waals surface area contributed by atoms with Crippen molar-refractivity contribution in [2.24, 2.45) is 11.8 Å². The van der Waals surface area contributed by atoms with E-state index in [9.17, 15) is 23.5 Å². The SMILES string of the molecule is O=C(NCC(C(=O)O)C1CCOCC1)c1ccccc1OC(F)F. The molecule has 2 rings (SSSR count). The van der Waals surface area contributed by atoms with Crippen LogP contribution in [0.1, 0.15) is 23.2 Å². The summed E-state index contributed by atoms with van der Waals surface area (Å²) < 4.78 is 34.3. The molecule has 0 aromatic heterocycles. The van der Waals surface area contributed by atoms with Crippen molar-refractivity contribution in [3.63, 3.8) is 0 Å². The van der Waals surface area contributed by atoms with E-state index < -0.39 is 24.4 Å². The number of carboxylic acids is 1. The molecule has 8 heteroatoms. The third kappa shape index (κ3) is 4.89. The molecule has 6 nitrogen and oxygen atoms in total. The van der Waals surface area contributed by atoms with Gasteiger partial charge >= 0.3 is 12.6 Å². The van der Waals surface area contributed by atoms with Crippen LogP contribution in [-0.4, -0.2) is 43.4 Å². The molecule has 1 fully saturated rings. The van der Waals surface area contributed by atoms with Crippen molar-refractivity contribution in [3.8, 4) is 5.75 Å². The summed E-state index contributed by atoms with van der Waals surface area (Å²) in [6.45, 7) is -2.14. The number of rotatable bonds is 7. The van der Waals surface area contributed by atoms with Crippen LogP contribution in [0.3, 0.4) is 0 Å². The van der Waals surface area contributed by atoms with Crippen LogP contribution in [0, 0.1) is 11.8 Å². The zero-order valence-corrected chi connectivity index (χ0v) is 12.9. The molecule has 0 spiro atoms. The first kappa shape index (κ1) is 18.1. The van der Waals surface area contributed by atoms with Crippen LogP contribution in [0.2, 0.25) is 0 Å². The molecule has 1 heterocycles. The van der Waals surface area contributed by atoms with Crippen molar-refractivity contribution in [1.82, 2.24) is 5.32 Å². The number of carbonyl (C=O) groups excluding carboxylic acids is 1. The largest absolute Gasteiger partial charge is 0.481 e. The highest BCUT2D eigenvalue weighted by Gasteiger charge is 2.30. The van der Waals surface area contributed by atoms with E-state index in [1.807, 2.05) is 0 Å². The Morgan fingerprint density at radius 3 is 2.58 bits per heavy atom. The number of alkyl halides is 2. The first-order valence-corrected chi connectivity index (χ1v) is 7.61. The lowest BCUT2D eigenvalue weighted by Crippen LogP contribution is -2.39. The molecule has 1 atom stereocenters. The van der Waals surface area contributed by atoms with E-state index in [2.05, 4.69) is 10.1 Å². The maximum absolute atomic E-state index is 12.4. The number of para-hydroxylation sites is 1. The first-order valence-electron chi connectivity index (χ1n) is 7.61. The van der Waals surface area contributed by atoms with Crippen LogP contribution in [0.4, 0.5) is 8.78 Å². The molecule has 2 N–H and O–H groups in total. The Labute approximate surface area is 137 Å². The number of hydrogen-bond acceptors (Lipinski definition) is 4. The van der Waals surface area contributed by atoms with Gasteiger partial charge in [0.25, 0.3) is 5.91 Å². The minimum absolute atomic E-state index is 0.0612. The third-order valence-electron chi connectivity index (χ3n) is 3.98. The van der Waals surface area contributed by atoms with Gasteiger partial charge in [0, 0.05) is 19.8 Å². The molecule has 0 saturated carbocycles. The Balaban J connectivity index is 2.02. The second kappa shape index (κ2) is 8.58. The maximum Gasteiger partial charge on any atom is 0.387 e. The van der Waals surface area contributed by atoms with Crippen molar-refractivity contribution in [3.05, 3.63) is 29.8 Å². The van der Waals surface area contributed by atoms with Crippen LogP contribution in [0.25, 0.3) is 0 Å². The van der Waals surface area contributed by atoms with Crippen LogP contribution in [0.5, 0.6) is 5.75 Å². The van der Waals surface area contributed by atoms with Crippen molar-refractivity contribution < 1.29 is 33.0 Å². The molecule has 1 unspecified atom stereocenters. The highest BCUT2D eigenvalue weighted by Crippen LogP contribution is 2.24. The number of aliphatic carboxylic acids is 1. The Bertz CT molecular complexity index is 575. The summed E-state index contributed by atoms with van der Waals surface area (Å²) in [5.41, 5.74) is -0.0612. The van der Waals surface area contributed by atoms with Gasteiger partial charge in [0.2, 0.25) is 0 Å². The minimum Gasteiger partial charge on any atom is -0.481 e. The number of ether oxygens (including phenoxy) is 2. The zero-order chi connectivity index (χ0) is 17.5. The average molecular weight is 343 g/mol. The molecular formula is C16H19F2NO5. The number of carbonyl (C=O) groups is 2. The zero-order valence-electron chi connectivity index (χ0n) is 12.9. The standard InChI is InChI=1S/C16H19F2NO5/c17-16(18)24-13-4-2-1-3-11(13)14(20)19-9-12(15(21)22)10-5-7-23-8-6-10/h1-4,10,12,16H,5-9H2,(H,19,20)(H,21,22). The Morgan fingerprint density at radius 1 is 1.29 bits per heavy atom. The van der Waals surface area contributed by atoms with Gasteiger partial charge in [-0.25, -0.2) is 0 Å². The topological polar surface area (TPSA) is 84.9 Å². The van der Waals surface area contributed by atoms with E-state index >= 15 is 0 Å². The normalized spacial score (nSPS) is 16.6. The smallest absolute Gasteiger partial charge is 0.387 e. The fraction of sp³-hybridized carbons (Fsp3) is 0.500. The van der Waals surface area contributed by atoms with Gasteiger partial charge in [0.1, 0.15) is 5.75 Å². The van der Waals surface area contributed by atoms with Crippen LogP contribution < -0.4 is 10.1 Å². The molecule has 1 saturated heterocycles. The molecule has 132 valence electrons. The number of amides is 1. The van der Waals surface area contributed by atoms with E-state index in [0.717, 1.165) is 0 Å². The molecule has 0 radical (unpaired) electrons. The molecular weight excluding hydrogens is 324 g/mol. The van der Waals surface area contributed by atoms with Gasteiger partial charge in [0.15, 0.2) is 0 Å².